The van der Waals surface area contributed by atoms with E-state index >= 15 is 0 Å². The zero-order valence-corrected chi connectivity index (χ0v) is 16.5. The van der Waals surface area contributed by atoms with Crippen LogP contribution in [0.15, 0.2) is 12.4 Å². The highest BCUT2D eigenvalue weighted by molar-refractivity contribution is 5.79. The van der Waals surface area contributed by atoms with Crippen LogP contribution < -0.4 is 15.5 Å². The number of rotatable bonds is 3. The van der Waals surface area contributed by atoms with Gasteiger partial charge in [0, 0.05) is 37.9 Å². The number of halogens is 3. The number of nitrogens with two attached hydrogens (primary N) is 1. The van der Waals surface area contributed by atoms with Gasteiger partial charge in [-0.3, -0.25) is 4.98 Å². The second-order valence-corrected chi connectivity index (χ2v) is 7.03. The smallest absolute Gasteiger partial charge is 0.397 e. The van der Waals surface area contributed by atoms with Crippen LogP contribution in [-0.4, -0.2) is 67.6 Å². The Labute approximate surface area is 176 Å². The number of nitriles is 1. The molecule has 0 aliphatic carbocycles. The van der Waals surface area contributed by atoms with Crippen molar-refractivity contribution in [2.24, 2.45) is 0 Å². The second-order valence-electron chi connectivity index (χ2n) is 7.03. The molecule has 0 radical (unpaired) electrons. The van der Waals surface area contributed by atoms with Crippen LogP contribution in [0.5, 0.6) is 0 Å². The molecule has 0 atom stereocenters. The van der Waals surface area contributed by atoms with Crippen molar-refractivity contribution in [3.05, 3.63) is 23.5 Å². The number of ether oxygens (including phenoxy) is 2. The molecule has 4 heterocycles. The van der Waals surface area contributed by atoms with Crippen LogP contribution in [0.2, 0.25) is 0 Å². The molecular weight excluding hydrogens is 415 g/mol. The van der Waals surface area contributed by atoms with Gasteiger partial charge in [-0.2, -0.15) is 23.4 Å². The largest absolute Gasteiger partial charge is 0.419 e. The molecule has 2 N–H and O–H groups in total. The highest BCUT2D eigenvalue weighted by Crippen LogP contribution is 2.42. The van der Waals surface area contributed by atoms with E-state index in [1.54, 1.807) is 0 Å². The summed E-state index contributed by atoms with van der Waals surface area (Å²) in [7, 11) is 0. The Bertz CT molecular complexity index is 997. The van der Waals surface area contributed by atoms with Gasteiger partial charge in [0.25, 0.3) is 0 Å². The van der Waals surface area contributed by atoms with E-state index in [9.17, 15) is 18.4 Å². The average molecular weight is 435 g/mol. The van der Waals surface area contributed by atoms with Crippen LogP contribution in [0.4, 0.5) is 30.6 Å². The fourth-order valence-electron chi connectivity index (χ4n) is 3.62. The van der Waals surface area contributed by atoms with Gasteiger partial charge in [-0.15, -0.1) is 0 Å². The number of pyridine rings is 1. The number of nitrogen functional groups attached to an aromatic ring is 1. The minimum atomic E-state index is -4.75. The quantitative estimate of drug-likeness (QED) is 0.769. The highest BCUT2D eigenvalue weighted by atomic mass is 19.4. The summed E-state index contributed by atoms with van der Waals surface area (Å²) < 4.78 is 52.3. The lowest BCUT2D eigenvalue weighted by molar-refractivity contribution is -0.136. The Morgan fingerprint density at radius 3 is 2.16 bits per heavy atom. The minimum absolute atomic E-state index is 0.0585. The van der Waals surface area contributed by atoms with Crippen LogP contribution >= 0.6 is 0 Å². The van der Waals surface area contributed by atoms with Crippen LogP contribution in [0.1, 0.15) is 11.1 Å². The fraction of sp³-hybridized carbons (Fsp3) is 0.474. The molecule has 0 saturated carbocycles. The number of alkyl halides is 3. The van der Waals surface area contributed by atoms with E-state index in [0.717, 1.165) is 12.4 Å². The molecule has 2 aliphatic heterocycles. The predicted octanol–water partition coefficient (Wildman–Crippen LogP) is 1.68. The summed E-state index contributed by atoms with van der Waals surface area (Å²) in [5.74, 6) is 0.502. The first-order chi connectivity index (χ1) is 14.9. The van der Waals surface area contributed by atoms with Gasteiger partial charge < -0.3 is 25.0 Å². The van der Waals surface area contributed by atoms with Crippen molar-refractivity contribution in [2.75, 3.05) is 68.1 Å². The third-order valence-corrected chi connectivity index (χ3v) is 5.11. The average Bonchev–Trinajstić information content (AvgIpc) is 2.78. The van der Waals surface area contributed by atoms with Gasteiger partial charge in [-0.1, -0.05) is 0 Å². The minimum Gasteiger partial charge on any atom is -0.397 e. The third-order valence-electron chi connectivity index (χ3n) is 5.11. The van der Waals surface area contributed by atoms with Gasteiger partial charge in [0.15, 0.2) is 5.82 Å². The molecule has 0 spiro atoms. The van der Waals surface area contributed by atoms with Crippen molar-refractivity contribution in [1.29, 1.82) is 5.26 Å². The van der Waals surface area contributed by atoms with Crippen molar-refractivity contribution >= 4 is 17.5 Å². The van der Waals surface area contributed by atoms with Crippen molar-refractivity contribution in [1.82, 2.24) is 15.0 Å². The van der Waals surface area contributed by atoms with E-state index in [0.29, 0.717) is 52.6 Å². The van der Waals surface area contributed by atoms with Gasteiger partial charge in [-0.25, -0.2) is 4.98 Å². The van der Waals surface area contributed by atoms with Crippen LogP contribution in [0.25, 0.3) is 11.3 Å². The van der Waals surface area contributed by atoms with E-state index in [1.165, 1.54) is 0 Å². The number of hydrogen-bond donors (Lipinski definition) is 1. The van der Waals surface area contributed by atoms with E-state index < -0.39 is 17.4 Å². The standard InChI is InChI=1S/C19H20F3N7O2/c20-19(21,22)15-13(10-25-11-14(15)24)16-12(9-23)17(28-1-5-30-6-2-28)27-18(26-16)29-3-7-31-8-4-29/h10-11H,1-8,24H2. The summed E-state index contributed by atoms with van der Waals surface area (Å²) >= 11 is 0. The summed E-state index contributed by atoms with van der Waals surface area (Å²) in [6.45, 7) is 3.60. The molecule has 164 valence electrons. The molecular formula is C19H20F3N7O2. The summed E-state index contributed by atoms with van der Waals surface area (Å²) in [5.41, 5.74) is 3.48. The number of nitrogens with zero attached hydrogens (tertiary/aromatic N) is 6. The maximum atomic E-state index is 13.9. The van der Waals surface area contributed by atoms with Gasteiger partial charge in [0.05, 0.1) is 49.6 Å². The van der Waals surface area contributed by atoms with Gasteiger partial charge in [0.1, 0.15) is 11.6 Å². The van der Waals surface area contributed by atoms with E-state index in [-0.39, 0.29) is 28.6 Å². The molecule has 31 heavy (non-hydrogen) atoms. The molecule has 2 aromatic heterocycles. The number of hydrogen-bond acceptors (Lipinski definition) is 9. The van der Waals surface area contributed by atoms with Gasteiger partial charge >= 0.3 is 6.18 Å². The third kappa shape index (κ3) is 4.19. The van der Waals surface area contributed by atoms with Crippen molar-refractivity contribution in [2.45, 2.75) is 6.18 Å². The van der Waals surface area contributed by atoms with Crippen molar-refractivity contribution < 1.29 is 22.6 Å². The maximum absolute atomic E-state index is 13.9. The van der Waals surface area contributed by atoms with Crippen LogP contribution in [0.3, 0.4) is 0 Å². The topological polar surface area (TPSA) is 113 Å². The zero-order chi connectivity index (χ0) is 22.0. The van der Waals surface area contributed by atoms with E-state index in [2.05, 4.69) is 15.0 Å². The molecule has 4 rings (SSSR count). The van der Waals surface area contributed by atoms with E-state index in [4.69, 9.17) is 15.2 Å². The first-order valence-corrected chi connectivity index (χ1v) is 9.68. The normalized spacial score (nSPS) is 17.5. The maximum Gasteiger partial charge on any atom is 0.419 e. The Hall–Kier alpha value is -3.17. The van der Waals surface area contributed by atoms with Gasteiger partial charge in [0.2, 0.25) is 5.95 Å². The van der Waals surface area contributed by atoms with Gasteiger partial charge in [-0.05, 0) is 0 Å². The summed E-state index contributed by atoms with van der Waals surface area (Å²) in [4.78, 5) is 16.4. The SMILES string of the molecule is N#Cc1c(-c2cncc(N)c2C(F)(F)F)nc(N2CCOCC2)nc1N1CCOCC1. The van der Waals surface area contributed by atoms with Crippen molar-refractivity contribution in [3.63, 3.8) is 0 Å². The Kier molecular flexibility index (Phi) is 5.79. The monoisotopic (exact) mass is 435 g/mol. The molecule has 0 amide bonds. The molecule has 0 unspecified atom stereocenters. The zero-order valence-electron chi connectivity index (χ0n) is 16.5. The Morgan fingerprint density at radius 2 is 1.58 bits per heavy atom. The number of aromatic nitrogens is 3. The molecule has 2 saturated heterocycles. The first-order valence-electron chi connectivity index (χ1n) is 9.68. The lowest BCUT2D eigenvalue weighted by Crippen LogP contribution is -2.40. The lowest BCUT2D eigenvalue weighted by atomic mass is 10.0. The molecule has 2 aromatic rings. The summed E-state index contributed by atoms with van der Waals surface area (Å²) in [6.07, 6.45) is -2.78. The molecule has 0 aromatic carbocycles. The van der Waals surface area contributed by atoms with Crippen LogP contribution in [0, 0.1) is 11.3 Å². The molecule has 2 fully saturated rings. The summed E-state index contributed by atoms with van der Waals surface area (Å²) in [5, 5.41) is 9.90. The Balaban J connectivity index is 1.95. The van der Waals surface area contributed by atoms with Crippen molar-refractivity contribution in [3.8, 4) is 17.3 Å². The highest BCUT2D eigenvalue weighted by Gasteiger charge is 2.38. The Morgan fingerprint density at radius 1 is 0.968 bits per heavy atom. The van der Waals surface area contributed by atoms with Crippen LogP contribution in [-0.2, 0) is 15.7 Å². The molecule has 9 nitrogen and oxygen atoms in total. The second kappa shape index (κ2) is 8.52. The fourth-order valence-corrected chi connectivity index (χ4v) is 3.62. The number of morpholine rings is 2. The lowest BCUT2D eigenvalue weighted by Gasteiger charge is -2.32. The first kappa shape index (κ1) is 21.1. The van der Waals surface area contributed by atoms with E-state index in [1.807, 2.05) is 15.9 Å². The molecule has 0 bridgehead atoms. The molecule has 12 heteroatoms. The molecule has 2 aliphatic rings. The summed E-state index contributed by atoms with van der Waals surface area (Å²) in [6, 6.07) is 2.00. The number of anilines is 3. The predicted molar refractivity (Wildman–Crippen MR) is 105 cm³/mol.